The summed E-state index contributed by atoms with van der Waals surface area (Å²) in [6, 6.07) is 0. The first-order valence-electron chi connectivity index (χ1n) is 7.41. The van der Waals surface area contributed by atoms with Crippen molar-refractivity contribution in [3.63, 3.8) is 0 Å². The van der Waals surface area contributed by atoms with Crippen LogP contribution < -0.4 is 5.32 Å². The van der Waals surface area contributed by atoms with Gasteiger partial charge in [0.2, 0.25) is 5.91 Å². The normalized spacial score (nSPS) is 14.4. The molecule has 1 amide bonds. The van der Waals surface area contributed by atoms with Crippen molar-refractivity contribution in [2.24, 2.45) is 13.0 Å². The van der Waals surface area contributed by atoms with E-state index in [0.717, 1.165) is 29.4 Å². The first kappa shape index (κ1) is 13.9. The molecule has 0 unspecified atom stereocenters. The molecule has 0 aromatic carbocycles. The predicted octanol–water partition coefficient (Wildman–Crippen LogP) is 1.91. The molecule has 2 heterocycles. The van der Waals surface area contributed by atoms with Crippen molar-refractivity contribution >= 4 is 11.6 Å². The highest BCUT2D eigenvalue weighted by atomic mass is 16.1. The number of carbonyl (C=O) groups is 1. The lowest BCUT2D eigenvalue weighted by Gasteiger charge is -2.03. The molecule has 0 atom stereocenters. The molecule has 21 heavy (non-hydrogen) atoms. The molecule has 0 bridgehead atoms. The number of hydrogen-bond donors (Lipinski definition) is 1. The monoisotopic (exact) mass is 287 g/mol. The van der Waals surface area contributed by atoms with Crippen molar-refractivity contribution in [2.45, 2.75) is 39.2 Å². The van der Waals surface area contributed by atoms with Gasteiger partial charge in [0.1, 0.15) is 0 Å². The third-order valence-corrected chi connectivity index (χ3v) is 4.02. The van der Waals surface area contributed by atoms with E-state index in [1.54, 1.807) is 6.20 Å². The lowest BCUT2D eigenvalue weighted by atomic mass is 10.1. The summed E-state index contributed by atoms with van der Waals surface area (Å²) < 4.78 is 3.74. The van der Waals surface area contributed by atoms with Crippen LogP contribution in [0, 0.1) is 12.8 Å². The highest BCUT2D eigenvalue weighted by molar-refractivity contribution is 5.90. The average molecular weight is 287 g/mol. The molecule has 1 aliphatic rings. The number of rotatable bonds is 6. The number of nitrogens with zero attached hydrogens (tertiary/aromatic N) is 4. The maximum Gasteiger partial charge on any atom is 0.224 e. The lowest BCUT2D eigenvalue weighted by Crippen LogP contribution is -2.12. The van der Waals surface area contributed by atoms with Crippen LogP contribution in [-0.4, -0.2) is 25.5 Å². The molecular weight excluding hydrogens is 266 g/mol. The van der Waals surface area contributed by atoms with E-state index in [9.17, 15) is 4.79 Å². The number of carbonyl (C=O) groups excluding carboxylic acids is 1. The van der Waals surface area contributed by atoms with Gasteiger partial charge in [-0.3, -0.25) is 14.2 Å². The number of amides is 1. The second kappa shape index (κ2) is 5.71. The van der Waals surface area contributed by atoms with Gasteiger partial charge in [0.15, 0.2) is 0 Å². The first-order valence-corrected chi connectivity index (χ1v) is 7.41. The summed E-state index contributed by atoms with van der Waals surface area (Å²) in [7, 11) is 1.91. The summed E-state index contributed by atoms with van der Waals surface area (Å²) in [6.07, 6.45) is 9.22. The molecule has 1 N–H and O–H groups in total. The largest absolute Gasteiger partial charge is 0.323 e. The van der Waals surface area contributed by atoms with Gasteiger partial charge in [-0.25, -0.2) is 0 Å². The fourth-order valence-electron chi connectivity index (χ4n) is 2.35. The summed E-state index contributed by atoms with van der Waals surface area (Å²) in [4.78, 5) is 12.0. The van der Waals surface area contributed by atoms with Gasteiger partial charge in [0.25, 0.3) is 0 Å². The maximum atomic E-state index is 12.0. The van der Waals surface area contributed by atoms with E-state index in [1.807, 2.05) is 35.7 Å². The topological polar surface area (TPSA) is 64.7 Å². The van der Waals surface area contributed by atoms with E-state index in [4.69, 9.17) is 0 Å². The van der Waals surface area contributed by atoms with Crippen LogP contribution >= 0.6 is 0 Å². The van der Waals surface area contributed by atoms with Crippen molar-refractivity contribution in [1.29, 1.82) is 0 Å². The number of aromatic nitrogens is 4. The lowest BCUT2D eigenvalue weighted by molar-refractivity contribution is -0.116. The summed E-state index contributed by atoms with van der Waals surface area (Å²) in [5.74, 6) is 0.797. The Hall–Kier alpha value is -2.11. The molecule has 6 nitrogen and oxygen atoms in total. The minimum Gasteiger partial charge on any atom is -0.323 e. The molecule has 3 rings (SSSR count). The minimum absolute atomic E-state index is 0.0178. The summed E-state index contributed by atoms with van der Waals surface area (Å²) in [5, 5.41) is 11.4. The zero-order valence-electron chi connectivity index (χ0n) is 12.5. The van der Waals surface area contributed by atoms with Gasteiger partial charge < -0.3 is 5.32 Å². The van der Waals surface area contributed by atoms with Crippen LogP contribution in [0.25, 0.3) is 0 Å². The van der Waals surface area contributed by atoms with Gasteiger partial charge in [0, 0.05) is 31.9 Å². The van der Waals surface area contributed by atoms with Gasteiger partial charge in [-0.05, 0) is 37.7 Å². The van der Waals surface area contributed by atoms with Crippen molar-refractivity contribution in [1.82, 2.24) is 19.6 Å². The van der Waals surface area contributed by atoms with Crippen LogP contribution in [0.5, 0.6) is 0 Å². The number of nitrogens with one attached hydrogen (secondary N) is 1. The third kappa shape index (κ3) is 3.51. The highest BCUT2D eigenvalue weighted by Gasteiger charge is 2.22. The standard InChI is InChI=1S/C15H21N5O/c1-11-13(7-16-19(11)2)5-6-15(21)18-14-8-17-20(10-14)9-12-3-4-12/h7-8,10,12H,3-6,9H2,1-2H3,(H,18,21). The Morgan fingerprint density at radius 2 is 2.19 bits per heavy atom. The molecule has 2 aromatic heterocycles. The molecule has 112 valence electrons. The molecule has 0 saturated heterocycles. The first-order chi connectivity index (χ1) is 10.1. The number of anilines is 1. The summed E-state index contributed by atoms with van der Waals surface area (Å²) in [5.41, 5.74) is 3.01. The maximum absolute atomic E-state index is 12.0. The van der Waals surface area contributed by atoms with Gasteiger partial charge in [0.05, 0.1) is 18.1 Å². The van der Waals surface area contributed by atoms with E-state index < -0.39 is 0 Å². The van der Waals surface area contributed by atoms with Crippen LogP contribution in [-0.2, 0) is 24.8 Å². The van der Waals surface area contributed by atoms with Crippen molar-refractivity contribution in [2.75, 3.05) is 5.32 Å². The van der Waals surface area contributed by atoms with Crippen LogP contribution in [0.3, 0.4) is 0 Å². The number of aryl methyl sites for hydroxylation is 2. The molecule has 0 aliphatic heterocycles. The quantitative estimate of drug-likeness (QED) is 0.882. The third-order valence-electron chi connectivity index (χ3n) is 4.02. The fourth-order valence-corrected chi connectivity index (χ4v) is 2.35. The van der Waals surface area contributed by atoms with Gasteiger partial charge >= 0.3 is 0 Å². The predicted molar refractivity (Wildman–Crippen MR) is 79.8 cm³/mol. The molecule has 1 saturated carbocycles. The van der Waals surface area contributed by atoms with Gasteiger partial charge in [-0.2, -0.15) is 10.2 Å². The Bertz CT molecular complexity index is 638. The molecule has 6 heteroatoms. The summed E-state index contributed by atoms with van der Waals surface area (Å²) >= 11 is 0. The van der Waals surface area contributed by atoms with Crippen molar-refractivity contribution < 1.29 is 4.79 Å². The molecular formula is C15H21N5O. The van der Waals surface area contributed by atoms with Gasteiger partial charge in [-0.1, -0.05) is 0 Å². The summed E-state index contributed by atoms with van der Waals surface area (Å²) in [6.45, 7) is 2.98. The average Bonchev–Trinajstić information content (AvgIpc) is 3.07. The smallest absolute Gasteiger partial charge is 0.224 e. The van der Waals surface area contributed by atoms with Crippen molar-refractivity contribution in [3.05, 3.63) is 29.8 Å². The minimum atomic E-state index is 0.0178. The Kier molecular flexibility index (Phi) is 3.77. The molecule has 2 aromatic rings. The van der Waals surface area contributed by atoms with Crippen LogP contribution in [0.15, 0.2) is 18.6 Å². The Labute approximate surface area is 124 Å². The fraction of sp³-hybridized carbons (Fsp3) is 0.533. The Morgan fingerprint density at radius 1 is 1.38 bits per heavy atom. The van der Waals surface area contributed by atoms with E-state index in [0.29, 0.717) is 12.8 Å². The second-order valence-electron chi connectivity index (χ2n) is 5.82. The van der Waals surface area contributed by atoms with Gasteiger partial charge in [-0.15, -0.1) is 0 Å². The SMILES string of the molecule is Cc1c(CCC(=O)Nc2cnn(CC3CC3)c2)cnn1C. The Balaban J connectivity index is 1.49. The van der Waals surface area contributed by atoms with E-state index in [2.05, 4.69) is 15.5 Å². The second-order valence-corrected chi connectivity index (χ2v) is 5.82. The highest BCUT2D eigenvalue weighted by Crippen LogP contribution is 2.30. The van der Waals surface area contributed by atoms with E-state index in [-0.39, 0.29) is 5.91 Å². The van der Waals surface area contributed by atoms with Crippen LogP contribution in [0.4, 0.5) is 5.69 Å². The molecule has 0 spiro atoms. The molecule has 1 fully saturated rings. The van der Waals surface area contributed by atoms with Crippen molar-refractivity contribution in [3.8, 4) is 0 Å². The molecule has 0 radical (unpaired) electrons. The Morgan fingerprint density at radius 3 is 2.86 bits per heavy atom. The zero-order valence-corrected chi connectivity index (χ0v) is 12.5. The molecule has 1 aliphatic carbocycles. The van der Waals surface area contributed by atoms with E-state index >= 15 is 0 Å². The number of hydrogen-bond acceptors (Lipinski definition) is 3. The van der Waals surface area contributed by atoms with E-state index in [1.165, 1.54) is 12.8 Å². The van der Waals surface area contributed by atoms with Crippen LogP contribution in [0.2, 0.25) is 0 Å². The van der Waals surface area contributed by atoms with Crippen LogP contribution in [0.1, 0.15) is 30.5 Å². The zero-order chi connectivity index (χ0) is 14.8.